The topological polar surface area (TPSA) is 80.9 Å². The maximum Gasteiger partial charge on any atom is 0.270 e. The first-order valence-corrected chi connectivity index (χ1v) is 6.29. The summed E-state index contributed by atoms with van der Waals surface area (Å²) in [5.74, 6) is 0. The molecule has 7 heteroatoms. The number of nitrogens with one attached hydrogen (secondary N) is 1. The number of aromatic nitrogens is 2. The van der Waals surface area contributed by atoms with E-state index in [2.05, 4.69) is 18.1 Å². The van der Waals surface area contributed by atoms with E-state index in [0.717, 1.165) is 0 Å². The fraction of sp³-hybridized carbons (Fsp3) is 0. The number of fused-ring (bicyclic) bond motifs is 1. The van der Waals surface area contributed by atoms with Crippen molar-refractivity contribution in [3.63, 3.8) is 0 Å². The number of non-ortho nitro benzene ring substituents is 1. The average molecular weight is 301 g/mol. The summed E-state index contributed by atoms with van der Waals surface area (Å²) in [5.41, 5.74) is 0.258. The number of H-pyrrole nitrogens is 1. The zero-order valence-electron chi connectivity index (χ0n) is 10.9. The van der Waals surface area contributed by atoms with Crippen LogP contribution in [-0.2, 0) is 0 Å². The predicted octanol–water partition coefficient (Wildman–Crippen LogP) is 3.18. The van der Waals surface area contributed by atoms with Crippen molar-refractivity contribution in [3.8, 4) is 0 Å². The lowest BCUT2D eigenvalue weighted by Gasteiger charge is -2.08. The molecule has 0 aliphatic heterocycles. The summed E-state index contributed by atoms with van der Waals surface area (Å²) in [4.78, 5) is 25.7. The Morgan fingerprint density at radius 2 is 2.14 bits per heavy atom. The maximum absolute atomic E-state index is 12.5. The number of nitrogens with zero attached hydrogens (tertiary/aromatic N) is 2. The zero-order chi connectivity index (χ0) is 15.6. The van der Waals surface area contributed by atoms with Gasteiger partial charge in [0.25, 0.3) is 11.2 Å². The molecule has 0 unspecified atom stereocenters. The summed E-state index contributed by atoms with van der Waals surface area (Å²) in [5, 5.41) is 11.0. The first kappa shape index (κ1) is 14.6. The minimum atomic E-state index is -0.557. The SMILES string of the molecule is C=C/C=C(\C=C)n1c(=S)[nH]c2ccc([N+](=O)[O-])cc2c1=O. The Morgan fingerprint density at radius 3 is 2.71 bits per heavy atom. The van der Waals surface area contributed by atoms with E-state index in [9.17, 15) is 14.9 Å². The second-order valence-corrected chi connectivity index (χ2v) is 4.48. The van der Waals surface area contributed by atoms with Crippen LogP contribution in [0.3, 0.4) is 0 Å². The van der Waals surface area contributed by atoms with Gasteiger partial charge in [-0.25, -0.2) is 0 Å². The third kappa shape index (κ3) is 2.59. The number of nitro groups is 1. The molecule has 2 aromatic rings. The molecule has 0 bridgehead atoms. The highest BCUT2D eigenvalue weighted by Crippen LogP contribution is 2.17. The highest BCUT2D eigenvalue weighted by molar-refractivity contribution is 7.71. The van der Waals surface area contributed by atoms with Crippen molar-refractivity contribution in [2.75, 3.05) is 0 Å². The van der Waals surface area contributed by atoms with Crippen LogP contribution in [0.2, 0.25) is 0 Å². The van der Waals surface area contributed by atoms with E-state index in [0.29, 0.717) is 11.2 Å². The molecule has 0 fully saturated rings. The van der Waals surface area contributed by atoms with E-state index in [1.165, 1.54) is 34.9 Å². The lowest BCUT2D eigenvalue weighted by Crippen LogP contribution is -2.21. The van der Waals surface area contributed by atoms with E-state index < -0.39 is 10.5 Å². The van der Waals surface area contributed by atoms with Crippen molar-refractivity contribution in [2.24, 2.45) is 0 Å². The van der Waals surface area contributed by atoms with Crippen molar-refractivity contribution in [3.05, 3.63) is 74.8 Å². The van der Waals surface area contributed by atoms with Gasteiger partial charge in [-0.15, -0.1) is 0 Å². The van der Waals surface area contributed by atoms with Crippen LogP contribution in [0.1, 0.15) is 0 Å². The number of nitro benzene ring substituents is 1. The Labute approximate surface area is 124 Å². The molecule has 0 saturated carbocycles. The first-order valence-electron chi connectivity index (χ1n) is 5.88. The molecule has 0 saturated heterocycles. The zero-order valence-corrected chi connectivity index (χ0v) is 11.7. The summed E-state index contributed by atoms with van der Waals surface area (Å²) in [6.07, 6.45) is 4.52. The van der Waals surface area contributed by atoms with Crippen LogP contribution < -0.4 is 5.56 Å². The number of hydrogen-bond donors (Lipinski definition) is 1. The van der Waals surface area contributed by atoms with Gasteiger partial charge in [-0.05, 0) is 30.4 Å². The van der Waals surface area contributed by atoms with E-state index in [4.69, 9.17) is 12.2 Å². The van der Waals surface area contributed by atoms with Gasteiger partial charge in [-0.1, -0.05) is 19.2 Å². The van der Waals surface area contributed by atoms with Crippen LogP contribution in [-0.4, -0.2) is 14.5 Å². The maximum atomic E-state index is 12.5. The molecule has 1 heterocycles. The Hall–Kier alpha value is -2.80. The largest absolute Gasteiger partial charge is 0.331 e. The van der Waals surface area contributed by atoms with Gasteiger partial charge in [-0.3, -0.25) is 19.5 Å². The molecule has 0 aliphatic carbocycles. The first-order chi connectivity index (χ1) is 9.99. The minimum Gasteiger partial charge on any atom is -0.331 e. The van der Waals surface area contributed by atoms with Crippen molar-refractivity contribution >= 4 is 34.5 Å². The van der Waals surface area contributed by atoms with Gasteiger partial charge in [0.05, 0.1) is 21.5 Å². The minimum absolute atomic E-state index is 0.162. The number of allylic oxidation sites excluding steroid dienone is 4. The number of rotatable bonds is 4. The Balaban J connectivity index is 2.91. The second kappa shape index (κ2) is 5.68. The summed E-state index contributed by atoms with van der Waals surface area (Å²) in [6.45, 7) is 7.18. The molecule has 1 aromatic heterocycles. The summed E-state index contributed by atoms with van der Waals surface area (Å²) in [7, 11) is 0. The van der Waals surface area contributed by atoms with Crippen molar-refractivity contribution < 1.29 is 4.92 Å². The lowest BCUT2D eigenvalue weighted by molar-refractivity contribution is -0.384. The molecular weight excluding hydrogens is 290 g/mol. The molecule has 1 aromatic carbocycles. The van der Waals surface area contributed by atoms with Crippen LogP contribution in [0, 0.1) is 14.9 Å². The van der Waals surface area contributed by atoms with Gasteiger partial charge in [0.1, 0.15) is 0 Å². The number of hydrogen-bond acceptors (Lipinski definition) is 4. The smallest absolute Gasteiger partial charge is 0.270 e. The molecule has 0 atom stereocenters. The highest BCUT2D eigenvalue weighted by atomic mass is 32.1. The van der Waals surface area contributed by atoms with Crippen LogP contribution in [0.15, 0.2) is 54.4 Å². The third-order valence-corrected chi connectivity index (χ3v) is 3.13. The summed E-state index contributed by atoms with van der Waals surface area (Å²) < 4.78 is 1.39. The van der Waals surface area contributed by atoms with E-state index >= 15 is 0 Å². The average Bonchev–Trinajstić information content (AvgIpc) is 2.45. The quantitative estimate of drug-likeness (QED) is 0.407. The lowest BCUT2D eigenvalue weighted by atomic mass is 10.2. The molecule has 0 amide bonds. The van der Waals surface area contributed by atoms with Crippen LogP contribution >= 0.6 is 12.2 Å². The molecule has 21 heavy (non-hydrogen) atoms. The van der Waals surface area contributed by atoms with Crippen molar-refractivity contribution in [1.29, 1.82) is 0 Å². The van der Waals surface area contributed by atoms with Crippen LogP contribution in [0.25, 0.3) is 16.6 Å². The predicted molar refractivity (Wildman–Crippen MR) is 84.7 cm³/mol. The molecule has 6 nitrogen and oxygen atoms in total. The van der Waals surface area contributed by atoms with Gasteiger partial charge in [0.2, 0.25) is 0 Å². The normalized spacial score (nSPS) is 11.3. The Morgan fingerprint density at radius 1 is 1.43 bits per heavy atom. The standard InChI is InChI=1S/C14H11N3O3S/c1-3-5-9(4-2)16-13(18)11-8-10(17(19)20)6-7-12(11)15-14(16)21/h3-8H,1-2H2,(H,15,21)/b9-5+. The molecule has 0 radical (unpaired) electrons. The van der Waals surface area contributed by atoms with E-state index in [-0.39, 0.29) is 15.8 Å². The number of benzene rings is 1. The second-order valence-electron chi connectivity index (χ2n) is 4.09. The monoisotopic (exact) mass is 301 g/mol. The van der Waals surface area contributed by atoms with Crippen molar-refractivity contribution in [2.45, 2.75) is 0 Å². The fourth-order valence-corrected chi connectivity index (χ4v) is 2.20. The van der Waals surface area contributed by atoms with Gasteiger partial charge in [-0.2, -0.15) is 0 Å². The van der Waals surface area contributed by atoms with Gasteiger partial charge in [0.15, 0.2) is 4.77 Å². The van der Waals surface area contributed by atoms with Crippen LogP contribution in [0.5, 0.6) is 0 Å². The number of aromatic amines is 1. The Kier molecular flexibility index (Phi) is 3.95. The summed E-state index contributed by atoms with van der Waals surface area (Å²) in [6, 6.07) is 3.99. The third-order valence-electron chi connectivity index (χ3n) is 2.85. The fourth-order valence-electron chi connectivity index (χ4n) is 1.90. The highest BCUT2D eigenvalue weighted by Gasteiger charge is 2.12. The van der Waals surface area contributed by atoms with Crippen LogP contribution in [0.4, 0.5) is 5.69 Å². The van der Waals surface area contributed by atoms with Gasteiger partial charge < -0.3 is 4.98 Å². The van der Waals surface area contributed by atoms with Gasteiger partial charge >= 0.3 is 0 Å². The molecule has 0 spiro atoms. The molecule has 106 valence electrons. The molecular formula is C14H11N3O3S. The Bertz CT molecular complexity index is 906. The molecule has 2 rings (SSSR count). The van der Waals surface area contributed by atoms with Crippen molar-refractivity contribution in [1.82, 2.24) is 9.55 Å². The van der Waals surface area contributed by atoms with E-state index in [1.54, 1.807) is 6.08 Å². The van der Waals surface area contributed by atoms with Gasteiger partial charge in [0, 0.05) is 12.1 Å². The molecule has 1 N–H and O–H groups in total. The molecule has 0 aliphatic rings. The van der Waals surface area contributed by atoms with E-state index in [1.807, 2.05) is 0 Å². The summed E-state index contributed by atoms with van der Waals surface area (Å²) >= 11 is 5.16.